The van der Waals surface area contributed by atoms with Crippen LogP contribution in [0.1, 0.15) is 32.1 Å². The van der Waals surface area contributed by atoms with Gasteiger partial charge < -0.3 is 9.72 Å². The first-order valence-corrected chi connectivity index (χ1v) is 10.6. The van der Waals surface area contributed by atoms with Crippen LogP contribution in [-0.2, 0) is 0 Å². The van der Waals surface area contributed by atoms with Crippen LogP contribution >= 0.6 is 0 Å². The lowest BCUT2D eigenvalue weighted by atomic mass is 9.98. The molecule has 1 saturated carbocycles. The van der Waals surface area contributed by atoms with Crippen molar-refractivity contribution in [2.75, 3.05) is 0 Å². The molecule has 1 aliphatic rings. The van der Waals surface area contributed by atoms with Crippen molar-refractivity contribution in [3.63, 3.8) is 0 Å². The van der Waals surface area contributed by atoms with E-state index in [4.69, 9.17) is 9.72 Å². The zero-order valence-corrected chi connectivity index (χ0v) is 16.9. The second-order valence-electron chi connectivity index (χ2n) is 7.91. The maximum Gasteiger partial charge on any atom is 0.162 e. The van der Waals surface area contributed by atoms with Gasteiger partial charge in [0.15, 0.2) is 17.2 Å². The minimum Gasteiger partial charge on any atom is -0.489 e. The number of rotatable bonds is 4. The summed E-state index contributed by atoms with van der Waals surface area (Å²) in [6, 6.07) is 9.73. The van der Waals surface area contributed by atoms with E-state index in [1.807, 2.05) is 36.5 Å². The van der Waals surface area contributed by atoms with Gasteiger partial charge in [0.2, 0.25) is 0 Å². The SMILES string of the molecule is c1cnc2[nH]c(-c3n[nH]c4ccc(-c5cncc(OC6CCCCC6)c5)nc34)nc2c1. The summed E-state index contributed by atoms with van der Waals surface area (Å²) < 4.78 is 6.19. The third kappa shape index (κ3) is 3.39. The fraction of sp³-hybridized carbons (Fsp3) is 0.261. The van der Waals surface area contributed by atoms with Gasteiger partial charge in [-0.2, -0.15) is 5.10 Å². The predicted octanol–water partition coefficient (Wildman–Crippen LogP) is 4.67. The highest BCUT2D eigenvalue weighted by Crippen LogP contribution is 2.29. The number of aromatic amines is 2. The molecule has 0 unspecified atom stereocenters. The first kappa shape index (κ1) is 18.0. The van der Waals surface area contributed by atoms with Crippen LogP contribution in [0.15, 0.2) is 48.9 Å². The number of pyridine rings is 3. The molecule has 8 nitrogen and oxygen atoms in total. The molecule has 0 radical (unpaired) electrons. The number of hydrogen-bond acceptors (Lipinski definition) is 6. The van der Waals surface area contributed by atoms with Crippen LogP contribution in [0.4, 0.5) is 0 Å². The van der Waals surface area contributed by atoms with Crippen LogP contribution in [-0.4, -0.2) is 41.2 Å². The molecule has 2 N–H and O–H groups in total. The Hall–Kier alpha value is -3.81. The first-order chi connectivity index (χ1) is 15.3. The number of nitrogens with one attached hydrogen (secondary N) is 2. The van der Waals surface area contributed by atoms with Crippen molar-refractivity contribution in [3.8, 4) is 28.5 Å². The molecule has 6 rings (SSSR count). The summed E-state index contributed by atoms with van der Waals surface area (Å²) in [7, 11) is 0. The van der Waals surface area contributed by atoms with Crippen LogP contribution in [0.3, 0.4) is 0 Å². The molecular formula is C23H21N7O. The van der Waals surface area contributed by atoms with Gasteiger partial charge in [-0.15, -0.1) is 0 Å². The Kier molecular flexibility index (Phi) is 4.33. The molecule has 5 aromatic rings. The Bertz CT molecular complexity index is 1330. The Morgan fingerprint density at radius 1 is 1.00 bits per heavy atom. The van der Waals surface area contributed by atoms with Crippen molar-refractivity contribution in [3.05, 3.63) is 48.9 Å². The highest BCUT2D eigenvalue weighted by atomic mass is 16.5. The predicted molar refractivity (Wildman–Crippen MR) is 118 cm³/mol. The zero-order chi connectivity index (χ0) is 20.6. The standard InChI is InChI=1S/C23H21N7O/c1-2-5-15(6-3-1)31-16-11-14(12-24-13-16)17-8-9-18-20(26-17)21(30-29-18)23-27-19-7-4-10-25-22(19)28-23/h4,7-13,15H,1-3,5-6H2,(H,29,30)(H,25,27,28). The van der Waals surface area contributed by atoms with Crippen LogP contribution < -0.4 is 4.74 Å². The molecule has 1 fully saturated rings. The van der Waals surface area contributed by atoms with Crippen molar-refractivity contribution in [1.82, 2.24) is 35.1 Å². The van der Waals surface area contributed by atoms with E-state index in [9.17, 15) is 0 Å². The Morgan fingerprint density at radius 2 is 1.94 bits per heavy atom. The molecule has 5 heterocycles. The van der Waals surface area contributed by atoms with E-state index in [2.05, 4.69) is 30.1 Å². The molecule has 31 heavy (non-hydrogen) atoms. The molecule has 5 aromatic heterocycles. The second kappa shape index (κ2) is 7.46. The van der Waals surface area contributed by atoms with E-state index >= 15 is 0 Å². The van der Waals surface area contributed by atoms with E-state index in [1.165, 1.54) is 19.3 Å². The molecule has 8 heteroatoms. The van der Waals surface area contributed by atoms with Gasteiger partial charge in [0.05, 0.1) is 23.5 Å². The van der Waals surface area contributed by atoms with E-state index in [1.54, 1.807) is 12.4 Å². The molecule has 0 saturated heterocycles. The quantitative estimate of drug-likeness (QED) is 0.445. The highest BCUT2D eigenvalue weighted by molar-refractivity contribution is 5.90. The van der Waals surface area contributed by atoms with Crippen molar-refractivity contribution >= 4 is 22.2 Å². The number of nitrogens with zero attached hydrogens (tertiary/aromatic N) is 5. The molecule has 0 atom stereocenters. The number of H-pyrrole nitrogens is 2. The summed E-state index contributed by atoms with van der Waals surface area (Å²) in [6.07, 6.45) is 11.6. The van der Waals surface area contributed by atoms with Gasteiger partial charge in [-0.25, -0.2) is 15.0 Å². The summed E-state index contributed by atoms with van der Waals surface area (Å²) in [5, 5.41) is 7.48. The number of aromatic nitrogens is 7. The lowest BCUT2D eigenvalue weighted by Crippen LogP contribution is -2.19. The number of fused-ring (bicyclic) bond motifs is 2. The fourth-order valence-corrected chi connectivity index (χ4v) is 4.18. The van der Waals surface area contributed by atoms with Gasteiger partial charge in [-0.1, -0.05) is 6.42 Å². The normalized spacial score (nSPS) is 15.0. The monoisotopic (exact) mass is 411 g/mol. The Morgan fingerprint density at radius 3 is 2.84 bits per heavy atom. The molecule has 0 aliphatic heterocycles. The molecule has 0 aromatic carbocycles. The molecule has 154 valence electrons. The van der Waals surface area contributed by atoms with Gasteiger partial charge in [-0.05, 0) is 56.0 Å². The minimum atomic E-state index is 0.281. The summed E-state index contributed by atoms with van der Waals surface area (Å²) in [4.78, 5) is 21.4. The van der Waals surface area contributed by atoms with Gasteiger partial charge >= 0.3 is 0 Å². The highest BCUT2D eigenvalue weighted by Gasteiger charge is 2.17. The van der Waals surface area contributed by atoms with Gasteiger partial charge in [0.25, 0.3) is 0 Å². The van der Waals surface area contributed by atoms with Gasteiger partial charge in [0.1, 0.15) is 16.8 Å². The van der Waals surface area contributed by atoms with Crippen molar-refractivity contribution in [2.24, 2.45) is 0 Å². The average molecular weight is 411 g/mol. The Balaban J connectivity index is 1.36. The summed E-state index contributed by atoms with van der Waals surface area (Å²) in [6.45, 7) is 0. The molecular weight excluding hydrogens is 390 g/mol. The molecule has 0 amide bonds. The van der Waals surface area contributed by atoms with Gasteiger partial charge in [0, 0.05) is 18.0 Å². The maximum absolute atomic E-state index is 6.19. The number of imidazole rings is 1. The number of hydrogen-bond donors (Lipinski definition) is 2. The third-order valence-corrected chi connectivity index (χ3v) is 5.75. The van der Waals surface area contributed by atoms with Crippen LogP contribution in [0.5, 0.6) is 5.75 Å². The second-order valence-corrected chi connectivity index (χ2v) is 7.91. The van der Waals surface area contributed by atoms with Crippen molar-refractivity contribution in [2.45, 2.75) is 38.2 Å². The summed E-state index contributed by atoms with van der Waals surface area (Å²) in [5.74, 6) is 1.43. The van der Waals surface area contributed by atoms with E-state index < -0.39 is 0 Å². The summed E-state index contributed by atoms with van der Waals surface area (Å²) in [5.41, 5.74) is 5.49. The lowest BCUT2D eigenvalue weighted by molar-refractivity contribution is 0.154. The van der Waals surface area contributed by atoms with Crippen molar-refractivity contribution in [1.29, 1.82) is 0 Å². The zero-order valence-electron chi connectivity index (χ0n) is 16.9. The molecule has 0 bridgehead atoms. The molecule has 1 aliphatic carbocycles. The first-order valence-electron chi connectivity index (χ1n) is 10.6. The van der Waals surface area contributed by atoms with E-state index in [0.29, 0.717) is 11.5 Å². The topological polar surface area (TPSA) is 105 Å². The largest absolute Gasteiger partial charge is 0.489 e. The minimum absolute atomic E-state index is 0.281. The maximum atomic E-state index is 6.19. The number of ether oxygens (including phenoxy) is 1. The third-order valence-electron chi connectivity index (χ3n) is 5.75. The lowest BCUT2D eigenvalue weighted by Gasteiger charge is -2.22. The van der Waals surface area contributed by atoms with Crippen molar-refractivity contribution < 1.29 is 4.74 Å². The van der Waals surface area contributed by atoms with Crippen LogP contribution in [0.2, 0.25) is 0 Å². The molecule has 0 spiro atoms. The van der Waals surface area contributed by atoms with Crippen LogP contribution in [0.25, 0.3) is 45.0 Å². The fourth-order valence-electron chi connectivity index (χ4n) is 4.18. The summed E-state index contributed by atoms with van der Waals surface area (Å²) >= 11 is 0. The smallest absolute Gasteiger partial charge is 0.162 e. The van der Waals surface area contributed by atoms with Gasteiger partial charge in [-0.3, -0.25) is 10.1 Å². The Labute approximate surface area is 178 Å². The van der Waals surface area contributed by atoms with E-state index in [-0.39, 0.29) is 6.10 Å². The van der Waals surface area contributed by atoms with Crippen LogP contribution in [0, 0.1) is 0 Å². The average Bonchev–Trinajstić information content (AvgIpc) is 3.43. The van der Waals surface area contributed by atoms with E-state index in [0.717, 1.165) is 52.0 Å².